The predicted octanol–water partition coefficient (Wildman–Crippen LogP) is 2.27. The molecule has 0 spiro atoms. The van der Waals surface area contributed by atoms with E-state index >= 15 is 0 Å². The fourth-order valence-electron chi connectivity index (χ4n) is 2.06. The van der Waals surface area contributed by atoms with Gasteiger partial charge in [-0.15, -0.1) is 0 Å². The summed E-state index contributed by atoms with van der Waals surface area (Å²) >= 11 is 11.8. The lowest BCUT2D eigenvalue weighted by molar-refractivity contribution is -0.146. The molecule has 2 aromatic heterocycles. The lowest BCUT2D eigenvalue weighted by Crippen LogP contribution is -2.21. The van der Waals surface area contributed by atoms with Gasteiger partial charge in [0.2, 0.25) is 5.28 Å². The van der Waals surface area contributed by atoms with Gasteiger partial charge in [-0.3, -0.25) is 9.59 Å². The van der Waals surface area contributed by atoms with Crippen LogP contribution >= 0.6 is 23.2 Å². The van der Waals surface area contributed by atoms with Gasteiger partial charge in [-0.2, -0.15) is 4.98 Å². The largest absolute Gasteiger partial charge is 0.465 e. The molecule has 0 aliphatic carbocycles. The molecule has 10 heteroatoms. The van der Waals surface area contributed by atoms with Gasteiger partial charge in [0, 0.05) is 26.3 Å². The molecule has 0 unspecified atom stereocenters. The van der Waals surface area contributed by atoms with Crippen molar-refractivity contribution < 1.29 is 19.1 Å². The van der Waals surface area contributed by atoms with E-state index in [0.29, 0.717) is 24.1 Å². The molecule has 8 nitrogen and oxygen atoms in total. The van der Waals surface area contributed by atoms with Crippen molar-refractivity contribution >= 4 is 46.3 Å². The second kappa shape index (κ2) is 8.25. The average Bonchev–Trinajstić information content (AvgIpc) is 2.89. The first kappa shape index (κ1) is 18.4. The third kappa shape index (κ3) is 5.04. The lowest BCUT2D eigenvalue weighted by Gasteiger charge is -2.16. The number of hydrogen-bond donors (Lipinski definition) is 0. The highest BCUT2D eigenvalue weighted by Crippen LogP contribution is 2.21. The van der Waals surface area contributed by atoms with E-state index in [2.05, 4.69) is 15.0 Å². The molecule has 0 radical (unpaired) electrons. The van der Waals surface area contributed by atoms with Crippen molar-refractivity contribution in [3.63, 3.8) is 0 Å². The Morgan fingerprint density at radius 3 is 2.38 bits per heavy atom. The quantitative estimate of drug-likeness (QED) is 0.416. The zero-order valence-corrected chi connectivity index (χ0v) is 14.7. The van der Waals surface area contributed by atoms with Crippen LogP contribution in [0.4, 0.5) is 0 Å². The molecule has 0 fully saturated rings. The van der Waals surface area contributed by atoms with Crippen molar-refractivity contribution in [3.8, 4) is 0 Å². The smallest absolute Gasteiger partial charge is 0.302 e. The number of hydrogen-bond acceptors (Lipinski definition) is 7. The van der Waals surface area contributed by atoms with Crippen molar-refractivity contribution in [2.45, 2.75) is 26.8 Å². The molecular weight excluding hydrogens is 359 g/mol. The highest BCUT2D eigenvalue weighted by molar-refractivity contribution is 6.35. The highest BCUT2D eigenvalue weighted by Gasteiger charge is 2.16. The third-order valence-corrected chi connectivity index (χ3v) is 3.65. The summed E-state index contributed by atoms with van der Waals surface area (Å²) in [5, 5.41) is 0.214. The molecule has 2 heterocycles. The number of fused-ring (bicyclic) bond motifs is 1. The molecule has 0 N–H and O–H groups in total. The Morgan fingerprint density at radius 1 is 1.17 bits per heavy atom. The first-order valence-corrected chi connectivity index (χ1v) is 7.93. The number of esters is 2. The van der Waals surface area contributed by atoms with E-state index in [4.69, 9.17) is 32.7 Å². The van der Waals surface area contributed by atoms with Gasteiger partial charge in [-0.1, -0.05) is 11.6 Å². The number of nitrogens with zero attached hydrogens (tertiary/aromatic N) is 4. The second-order valence-corrected chi connectivity index (χ2v) is 5.85. The van der Waals surface area contributed by atoms with E-state index in [-0.39, 0.29) is 41.5 Å². The van der Waals surface area contributed by atoms with Crippen LogP contribution in [0.15, 0.2) is 6.33 Å². The van der Waals surface area contributed by atoms with Gasteiger partial charge in [-0.25, -0.2) is 9.97 Å². The first-order chi connectivity index (χ1) is 11.4. The van der Waals surface area contributed by atoms with Crippen LogP contribution in [0.2, 0.25) is 10.4 Å². The minimum Gasteiger partial charge on any atom is -0.465 e. The number of ether oxygens (including phenoxy) is 2. The molecule has 24 heavy (non-hydrogen) atoms. The van der Waals surface area contributed by atoms with Crippen molar-refractivity contribution in [3.05, 3.63) is 16.8 Å². The molecule has 0 aliphatic heterocycles. The second-order valence-electron chi connectivity index (χ2n) is 5.15. The monoisotopic (exact) mass is 374 g/mol. The van der Waals surface area contributed by atoms with Crippen LogP contribution in [0.5, 0.6) is 0 Å². The van der Waals surface area contributed by atoms with E-state index < -0.39 is 0 Å². The molecule has 0 atom stereocenters. The first-order valence-electron chi connectivity index (χ1n) is 7.17. The number of carbonyl (C=O) groups is 2. The van der Waals surface area contributed by atoms with E-state index in [1.54, 1.807) is 10.9 Å². The minimum absolute atomic E-state index is 0.0330. The number of rotatable bonds is 7. The number of halogens is 2. The van der Waals surface area contributed by atoms with Gasteiger partial charge in [-0.05, 0) is 18.0 Å². The number of imidazole rings is 1. The number of aromatic nitrogens is 4. The van der Waals surface area contributed by atoms with Gasteiger partial charge in [0.15, 0.2) is 10.8 Å². The standard InChI is InChI=1S/C14H16Cl2N4O4/c1-8(21)23-5-10(6-24-9(2)22)3-4-20-7-17-11-12(15)18-14(16)19-13(11)20/h7,10H,3-6H2,1-2H3. The minimum atomic E-state index is -0.387. The SMILES string of the molecule is CC(=O)OCC(CCn1cnc2c(Cl)nc(Cl)nc21)COC(C)=O. The summed E-state index contributed by atoms with van der Waals surface area (Å²) in [5.41, 5.74) is 0.969. The lowest BCUT2D eigenvalue weighted by atomic mass is 10.1. The Bertz CT molecular complexity index is 732. The van der Waals surface area contributed by atoms with Gasteiger partial charge in [0.05, 0.1) is 19.5 Å². The Labute approximate surface area is 148 Å². The highest BCUT2D eigenvalue weighted by atomic mass is 35.5. The normalized spacial score (nSPS) is 11.0. The van der Waals surface area contributed by atoms with Gasteiger partial charge < -0.3 is 14.0 Å². The van der Waals surface area contributed by atoms with E-state index in [9.17, 15) is 9.59 Å². The Balaban J connectivity index is 2.07. The summed E-state index contributed by atoms with van der Waals surface area (Å²) in [6.07, 6.45) is 2.15. The zero-order valence-electron chi connectivity index (χ0n) is 13.2. The topological polar surface area (TPSA) is 96.2 Å². The third-order valence-electron chi connectivity index (χ3n) is 3.22. The van der Waals surface area contributed by atoms with E-state index in [1.165, 1.54) is 13.8 Å². The Hall–Kier alpha value is -1.93. The molecule has 0 bridgehead atoms. The fraction of sp³-hybridized carbons (Fsp3) is 0.500. The van der Waals surface area contributed by atoms with Crippen LogP contribution in [-0.4, -0.2) is 44.7 Å². The number of carbonyl (C=O) groups excluding carboxylic acids is 2. The van der Waals surface area contributed by atoms with Crippen LogP contribution in [0.25, 0.3) is 11.2 Å². The predicted molar refractivity (Wildman–Crippen MR) is 86.7 cm³/mol. The fourth-order valence-corrected chi connectivity index (χ4v) is 2.48. The molecule has 0 saturated heterocycles. The Morgan fingerprint density at radius 2 is 1.79 bits per heavy atom. The molecule has 0 amide bonds. The van der Waals surface area contributed by atoms with Gasteiger partial charge in [0.1, 0.15) is 5.52 Å². The van der Waals surface area contributed by atoms with Crippen molar-refractivity contribution in [1.29, 1.82) is 0 Å². The average molecular weight is 375 g/mol. The summed E-state index contributed by atoms with van der Waals surface area (Å²) < 4.78 is 11.8. The molecule has 0 aliphatic rings. The van der Waals surface area contributed by atoms with Crippen LogP contribution in [-0.2, 0) is 25.6 Å². The van der Waals surface area contributed by atoms with Crippen LogP contribution in [0.3, 0.4) is 0 Å². The summed E-state index contributed by atoms with van der Waals surface area (Å²) in [6.45, 7) is 3.48. The maximum atomic E-state index is 11.0. The van der Waals surface area contributed by atoms with Crippen LogP contribution < -0.4 is 0 Å². The van der Waals surface area contributed by atoms with Crippen LogP contribution in [0.1, 0.15) is 20.3 Å². The maximum Gasteiger partial charge on any atom is 0.302 e. The van der Waals surface area contributed by atoms with E-state index in [1.807, 2.05) is 0 Å². The van der Waals surface area contributed by atoms with Crippen molar-refractivity contribution in [2.24, 2.45) is 5.92 Å². The summed E-state index contributed by atoms with van der Waals surface area (Å²) in [7, 11) is 0. The summed E-state index contributed by atoms with van der Waals surface area (Å²) in [4.78, 5) is 34.1. The molecular formula is C14H16Cl2N4O4. The van der Waals surface area contributed by atoms with E-state index in [0.717, 1.165) is 0 Å². The maximum absolute atomic E-state index is 11.0. The van der Waals surface area contributed by atoms with Gasteiger partial charge in [0.25, 0.3) is 0 Å². The van der Waals surface area contributed by atoms with Gasteiger partial charge >= 0.3 is 11.9 Å². The summed E-state index contributed by atoms with van der Waals surface area (Å²) in [5.74, 6) is -0.924. The molecule has 2 aromatic rings. The summed E-state index contributed by atoms with van der Waals surface area (Å²) in [6, 6.07) is 0. The zero-order chi connectivity index (χ0) is 17.7. The molecule has 2 rings (SSSR count). The van der Waals surface area contributed by atoms with Crippen molar-refractivity contribution in [1.82, 2.24) is 19.5 Å². The number of aryl methyl sites for hydroxylation is 1. The Kier molecular flexibility index (Phi) is 6.33. The van der Waals surface area contributed by atoms with Crippen LogP contribution in [0, 0.1) is 5.92 Å². The molecule has 0 saturated carbocycles. The molecule has 0 aromatic carbocycles. The van der Waals surface area contributed by atoms with Crippen molar-refractivity contribution in [2.75, 3.05) is 13.2 Å². The molecule has 130 valence electrons.